The van der Waals surface area contributed by atoms with Gasteiger partial charge in [0.15, 0.2) is 25.0 Å². The van der Waals surface area contributed by atoms with E-state index in [2.05, 4.69) is 140 Å². The molecular weight excluding hydrogens is 685 g/mol. The van der Waals surface area contributed by atoms with Crippen molar-refractivity contribution in [3.63, 3.8) is 0 Å². The molecule has 0 amide bonds. The lowest BCUT2D eigenvalue weighted by Crippen LogP contribution is -2.76. The average molecular weight is 757 g/mol. The number of hydrogen-bond donors (Lipinski definition) is 2. The minimum Gasteiger partial charge on any atom is -0.411 e. The largest absolute Gasteiger partial charge is 0.411 e. The summed E-state index contributed by atoms with van der Waals surface area (Å²) < 4.78 is 31.5. The zero-order valence-corrected chi connectivity index (χ0v) is 38.7. The maximum Gasteiger partial charge on any atom is 0.330 e. The number of hydrogen-bond acceptors (Lipinski definition) is 7. The van der Waals surface area contributed by atoms with Gasteiger partial charge in [0, 0.05) is 18.2 Å². The van der Waals surface area contributed by atoms with Crippen LogP contribution in [0.2, 0.25) is 72.5 Å². The van der Waals surface area contributed by atoms with E-state index in [9.17, 15) is 14.7 Å². The lowest BCUT2D eigenvalue weighted by molar-refractivity contribution is -0.212. The van der Waals surface area contributed by atoms with Crippen molar-refractivity contribution in [3.8, 4) is 0 Å². The monoisotopic (exact) mass is 756 g/mol. The maximum atomic E-state index is 13.6. The van der Waals surface area contributed by atoms with Gasteiger partial charge in [-0.2, -0.15) is 0 Å². The van der Waals surface area contributed by atoms with Crippen LogP contribution in [0.15, 0.2) is 21.9 Å². The van der Waals surface area contributed by atoms with E-state index < -0.39 is 80.1 Å². The number of aromatic nitrogens is 2. The predicted molar refractivity (Wildman–Crippen MR) is 212 cm³/mol. The van der Waals surface area contributed by atoms with Gasteiger partial charge in [-0.1, -0.05) is 96.2 Å². The first-order valence-electron chi connectivity index (χ1n) is 18.3. The molecule has 284 valence electrons. The number of rotatable bonds is 9. The van der Waals surface area contributed by atoms with Gasteiger partial charge in [-0.3, -0.25) is 14.3 Å². The average Bonchev–Trinajstić information content (AvgIpc) is 3.09. The van der Waals surface area contributed by atoms with E-state index in [1.165, 1.54) is 16.8 Å². The highest BCUT2D eigenvalue weighted by molar-refractivity contribution is 6.81. The molecule has 2 heterocycles. The summed E-state index contributed by atoms with van der Waals surface area (Å²) in [4.78, 5) is 28.3. The second-order valence-electron chi connectivity index (χ2n) is 21.2. The van der Waals surface area contributed by atoms with Crippen LogP contribution >= 0.6 is 0 Å². The third-order valence-corrected chi connectivity index (χ3v) is 32.8. The van der Waals surface area contributed by atoms with Gasteiger partial charge in [0.1, 0.15) is 17.9 Å². The summed E-state index contributed by atoms with van der Waals surface area (Å²) >= 11 is 0. The Morgan fingerprint density at radius 1 is 0.755 bits per heavy atom. The molecule has 2 N–H and O–H groups in total. The molecular formula is C36H72N2O7Si4. The second kappa shape index (κ2) is 13.0. The molecule has 2 fully saturated rings. The molecule has 1 aliphatic heterocycles. The Morgan fingerprint density at radius 2 is 1.18 bits per heavy atom. The van der Waals surface area contributed by atoms with Crippen LogP contribution in [0.5, 0.6) is 0 Å². The fourth-order valence-corrected chi connectivity index (χ4v) is 12.6. The highest BCUT2D eigenvalue weighted by Crippen LogP contribution is 2.60. The van der Waals surface area contributed by atoms with Crippen molar-refractivity contribution in [1.82, 2.24) is 9.55 Å². The molecule has 2 aliphatic rings. The Bertz CT molecular complexity index is 1460. The van der Waals surface area contributed by atoms with Crippen LogP contribution in [-0.4, -0.2) is 77.3 Å². The SMILES string of the molecule is CC(C)(C)[Si](C)(C)O[C@H]1C[C@H]2[C@H](n3ccc(=O)[nH]c3=O)O[C@](C(O)[Si](C)(C)C(C)(C)C)([C@H]2O[Si](C)(C)C(C)(C)C)[C@H]1O[Si](C)(C)C(C)(C)C. The molecule has 1 aromatic rings. The summed E-state index contributed by atoms with van der Waals surface area (Å²) in [7, 11) is -10.1. The number of nitrogens with zero attached hydrogens (tertiary/aromatic N) is 1. The number of aromatic amines is 1. The van der Waals surface area contributed by atoms with E-state index in [1.54, 1.807) is 0 Å². The first kappa shape index (κ1) is 42.8. The molecule has 0 spiro atoms. The van der Waals surface area contributed by atoms with Gasteiger partial charge in [-0.15, -0.1) is 0 Å². The van der Waals surface area contributed by atoms with Crippen LogP contribution < -0.4 is 11.2 Å². The first-order valence-corrected chi connectivity index (χ1v) is 30.1. The summed E-state index contributed by atoms with van der Waals surface area (Å²) in [6.45, 7) is 44.6. The quantitative estimate of drug-likeness (QED) is 0.244. The maximum absolute atomic E-state index is 13.6. The number of aliphatic hydroxyl groups is 1. The Labute approximate surface area is 301 Å². The molecule has 7 atom stereocenters. The van der Waals surface area contributed by atoms with Crippen LogP contribution in [0.25, 0.3) is 0 Å². The number of aliphatic hydroxyl groups excluding tert-OH is 1. The van der Waals surface area contributed by atoms with Gasteiger partial charge in [0.2, 0.25) is 0 Å². The van der Waals surface area contributed by atoms with E-state index in [4.69, 9.17) is 18.0 Å². The topological polar surface area (TPSA) is 112 Å². The molecule has 1 saturated heterocycles. The van der Waals surface area contributed by atoms with Crippen molar-refractivity contribution in [3.05, 3.63) is 33.1 Å². The molecule has 0 aromatic carbocycles. The van der Waals surface area contributed by atoms with Gasteiger partial charge in [-0.05, 0) is 65.9 Å². The minimum absolute atomic E-state index is 0.0800. The summed E-state index contributed by atoms with van der Waals surface area (Å²) in [5, 5.41) is 12.8. The predicted octanol–water partition coefficient (Wildman–Crippen LogP) is 8.40. The van der Waals surface area contributed by atoms with Crippen LogP contribution in [-0.2, 0) is 18.0 Å². The summed E-state index contributed by atoms with van der Waals surface area (Å²) in [5.41, 5.74) is -3.31. The van der Waals surface area contributed by atoms with E-state index in [-0.39, 0.29) is 26.1 Å². The Kier molecular flexibility index (Phi) is 11.4. The lowest BCUT2D eigenvalue weighted by Gasteiger charge is -2.59. The van der Waals surface area contributed by atoms with Crippen LogP contribution in [0.1, 0.15) is 95.7 Å². The summed E-state index contributed by atoms with van der Waals surface area (Å²) in [6.07, 6.45) is -0.431. The molecule has 49 heavy (non-hydrogen) atoms. The molecule has 1 unspecified atom stereocenters. The Hall–Kier alpha value is -0.652. The number of nitrogens with one attached hydrogen (secondary N) is 1. The minimum atomic E-state index is -2.65. The highest BCUT2D eigenvalue weighted by atomic mass is 28.4. The smallest absolute Gasteiger partial charge is 0.330 e. The van der Waals surface area contributed by atoms with Crippen molar-refractivity contribution in [2.24, 2.45) is 5.92 Å². The molecule has 1 aliphatic carbocycles. The van der Waals surface area contributed by atoms with Crippen molar-refractivity contribution in [1.29, 1.82) is 0 Å². The highest BCUT2D eigenvalue weighted by Gasteiger charge is 2.74. The summed E-state index contributed by atoms with van der Waals surface area (Å²) in [5.74, 6) is -0.355. The van der Waals surface area contributed by atoms with Crippen LogP contribution in [0.3, 0.4) is 0 Å². The Morgan fingerprint density at radius 3 is 1.59 bits per heavy atom. The molecule has 9 nitrogen and oxygen atoms in total. The fourth-order valence-electron chi connectivity index (χ4n) is 6.24. The Balaban J connectivity index is 2.54. The van der Waals surface area contributed by atoms with Crippen molar-refractivity contribution < 1.29 is 23.1 Å². The van der Waals surface area contributed by atoms with E-state index in [1.807, 2.05) is 0 Å². The van der Waals surface area contributed by atoms with E-state index >= 15 is 0 Å². The zero-order chi connectivity index (χ0) is 38.4. The van der Waals surface area contributed by atoms with Gasteiger partial charge in [-0.25, -0.2) is 4.79 Å². The molecule has 2 bridgehead atoms. The van der Waals surface area contributed by atoms with Crippen molar-refractivity contribution in [2.45, 2.75) is 198 Å². The number of ether oxygens (including phenoxy) is 1. The van der Waals surface area contributed by atoms with E-state index in [0.29, 0.717) is 6.42 Å². The van der Waals surface area contributed by atoms with Crippen molar-refractivity contribution >= 4 is 33.0 Å². The number of fused-ring (bicyclic) bond motifs is 2. The zero-order valence-electron chi connectivity index (χ0n) is 34.7. The van der Waals surface area contributed by atoms with Gasteiger partial charge < -0.3 is 23.1 Å². The van der Waals surface area contributed by atoms with E-state index in [0.717, 1.165) is 0 Å². The first-order chi connectivity index (χ1) is 21.6. The molecule has 1 saturated carbocycles. The normalized spacial score (nSPS) is 28.6. The van der Waals surface area contributed by atoms with Gasteiger partial charge in [0.05, 0.1) is 26.0 Å². The third-order valence-electron chi connectivity index (χ3n) is 13.7. The fraction of sp³-hybridized carbons (Fsp3) is 0.889. The third kappa shape index (κ3) is 7.71. The van der Waals surface area contributed by atoms with Crippen molar-refractivity contribution in [2.75, 3.05) is 0 Å². The van der Waals surface area contributed by atoms with Crippen LogP contribution in [0, 0.1) is 5.92 Å². The van der Waals surface area contributed by atoms with Gasteiger partial charge in [0.25, 0.3) is 5.56 Å². The van der Waals surface area contributed by atoms with Crippen LogP contribution in [0.4, 0.5) is 0 Å². The number of H-pyrrole nitrogens is 1. The molecule has 1 aromatic heterocycles. The van der Waals surface area contributed by atoms with Gasteiger partial charge >= 0.3 is 5.69 Å². The summed E-state index contributed by atoms with van der Waals surface area (Å²) in [6, 6.07) is 1.36. The molecule has 13 heteroatoms. The second-order valence-corrected chi connectivity index (χ2v) is 40.9. The molecule has 3 rings (SSSR count). The standard InChI is InChI=1S/C36H72N2O7Si4/c1-32(2,3)46(13,14)30(40)36-27(44-48(17,18)34(7,8)9)24(29(42-36)38-22-21-26(39)37-31(38)41)23-25(43-47(15,16)33(4,5)6)28(36)45-49(19,20)35(10,11)12/h21-22,24-25,27-30,40H,23H2,1-20H3,(H,37,39,41)/t24-,25+,27+,28+,29-,30?,36-/m1/s1. The molecule has 0 radical (unpaired) electrons. The lowest BCUT2D eigenvalue weighted by atomic mass is 9.74.